The molecule has 0 spiro atoms. The van der Waals surface area contributed by atoms with Crippen LogP contribution < -0.4 is 5.32 Å². The van der Waals surface area contributed by atoms with Gasteiger partial charge in [0.1, 0.15) is 13.2 Å². The topological polar surface area (TPSA) is 83.8 Å². The monoisotopic (exact) mass is 407 g/mol. The van der Waals surface area contributed by atoms with Crippen LogP contribution in [0.25, 0.3) is 0 Å². The number of rotatable bonds is 6. The maximum atomic E-state index is 12.9. The van der Waals surface area contributed by atoms with Gasteiger partial charge in [0.25, 0.3) is 5.91 Å². The van der Waals surface area contributed by atoms with E-state index in [9.17, 15) is 18.0 Å². The number of nitrogens with one attached hydrogen (secondary N) is 2. The van der Waals surface area contributed by atoms with Crippen molar-refractivity contribution in [1.82, 2.24) is 5.32 Å². The van der Waals surface area contributed by atoms with Crippen molar-refractivity contribution >= 4 is 17.5 Å². The van der Waals surface area contributed by atoms with Crippen LogP contribution in [0.5, 0.6) is 0 Å². The SMILES string of the molecule is CNC(=O)/C(=N\OC)c1ccccc1C(=N)O[C@H](C)c1cccc(C(F)(F)F)c1. The summed E-state index contributed by atoms with van der Waals surface area (Å²) in [5.41, 5.74) is -0.0722. The number of hydrogen-bond acceptors (Lipinski definition) is 5. The number of hydrogen-bond donors (Lipinski definition) is 2. The van der Waals surface area contributed by atoms with Crippen molar-refractivity contribution in [3.8, 4) is 0 Å². The van der Waals surface area contributed by atoms with Gasteiger partial charge in [0.2, 0.25) is 5.90 Å². The van der Waals surface area contributed by atoms with Crippen molar-refractivity contribution in [1.29, 1.82) is 5.41 Å². The van der Waals surface area contributed by atoms with Crippen molar-refractivity contribution in [3.05, 3.63) is 70.8 Å². The molecule has 2 aromatic carbocycles. The van der Waals surface area contributed by atoms with Crippen LogP contribution in [-0.4, -0.2) is 31.7 Å². The molecule has 9 heteroatoms. The van der Waals surface area contributed by atoms with E-state index in [2.05, 4.69) is 10.5 Å². The van der Waals surface area contributed by atoms with E-state index in [1.54, 1.807) is 24.3 Å². The minimum Gasteiger partial charge on any atom is -0.470 e. The molecule has 0 aliphatic rings. The summed E-state index contributed by atoms with van der Waals surface area (Å²) in [7, 11) is 2.71. The summed E-state index contributed by atoms with van der Waals surface area (Å²) in [5.74, 6) is -0.851. The zero-order chi connectivity index (χ0) is 21.6. The lowest BCUT2D eigenvalue weighted by molar-refractivity contribution is -0.137. The molecule has 0 aromatic heterocycles. The molecule has 0 aliphatic carbocycles. The molecule has 2 N–H and O–H groups in total. The number of alkyl halides is 3. The normalized spacial score (nSPS) is 12.8. The van der Waals surface area contributed by atoms with Gasteiger partial charge in [0.05, 0.1) is 5.56 Å². The Labute approximate surface area is 165 Å². The first-order chi connectivity index (χ1) is 13.7. The van der Waals surface area contributed by atoms with Crippen LogP contribution in [0.3, 0.4) is 0 Å². The quantitative estimate of drug-likeness (QED) is 0.433. The number of carbonyl (C=O) groups excluding carboxylic acids is 1. The van der Waals surface area contributed by atoms with Crippen molar-refractivity contribution < 1.29 is 27.5 Å². The summed E-state index contributed by atoms with van der Waals surface area (Å²) >= 11 is 0. The zero-order valence-electron chi connectivity index (χ0n) is 16.0. The Morgan fingerprint density at radius 1 is 1.14 bits per heavy atom. The highest BCUT2D eigenvalue weighted by atomic mass is 19.4. The first-order valence-electron chi connectivity index (χ1n) is 8.54. The third-order valence-electron chi connectivity index (χ3n) is 4.03. The van der Waals surface area contributed by atoms with Gasteiger partial charge in [-0.2, -0.15) is 13.2 Å². The maximum absolute atomic E-state index is 12.9. The summed E-state index contributed by atoms with van der Waals surface area (Å²) in [5, 5.41) is 14.4. The second-order valence-electron chi connectivity index (χ2n) is 5.96. The van der Waals surface area contributed by atoms with E-state index >= 15 is 0 Å². The molecule has 6 nitrogen and oxygen atoms in total. The van der Waals surface area contributed by atoms with Crippen LogP contribution in [0.1, 0.15) is 35.3 Å². The molecular formula is C20H20F3N3O3. The fraction of sp³-hybridized carbons (Fsp3) is 0.250. The molecule has 0 unspecified atom stereocenters. The second kappa shape index (κ2) is 9.22. The van der Waals surface area contributed by atoms with E-state index in [4.69, 9.17) is 15.0 Å². The van der Waals surface area contributed by atoms with Gasteiger partial charge >= 0.3 is 6.18 Å². The molecule has 0 aliphatic heterocycles. The molecular weight excluding hydrogens is 387 g/mol. The Balaban J connectivity index is 2.33. The molecule has 2 aromatic rings. The molecule has 0 heterocycles. The predicted octanol–water partition coefficient (Wildman–Crippen LogP) is 3.91. The standard InChI is InChI=1S/C20H20F3N3O3/c1-12(13-7-6-8-14(11-13)20(21,22)23)29-18(24)16-10-5-4-9-15(16)17(26-28-3)19(27)25-2/h4-12,24H,1-3H3,(H,25,27)/b24-18?,26-17-/t12-/m1/s1. The number of amides is 1. The van der Waals surface area contributed by atoms with E-state index in [0.29, 0.717) is 0 Å². The average molecular weight is 407 g/mol. The van der Waals surface area contributed by atoms with Gasteiger partial charge < -0.3 is 14.9 Å². The third-order valence-corrected chi connectivity index (χ3v) is 4.03. The van der Waals surface area contributed by atoms with Gasteiger partial charge in [-0.15, -0.1) is 0 Å². The van der Waals surface area contributed by atoms with Crippen LogP contribution in [0.15, 0.2) is 53.7 Å². The maximum Gasteiger partial charge on any atom is 0.416 e. The van der Waals surface area contributed by atoms with Gasteiger partial charge in [-0.3, -0.25) is 10.2 Å². The number of halogens is 3. The number of likely N-dealkylation sites (N-methyl/N-ethyl adjacent to an activating group) is 1. The number of benzene rings is 2. The van der Waals surface area contributed by atoms with E-state index in [0.717, 1.165) is 12.1 Å². The Morgan fingerprint density at radius 2 is 1.79 bits per heavy atom. The molecule has 0 saturated carbocycles. The molecule has 154 valence electrons. The predicted molar refractivity (Wildman–Crippen MR) is 102 cm³/mol. The molecule has 1 amide bonds. The summed E-state index contributed by atoms with van der Waals surface area (Å²) in [6.45, 7) is 1.54. The van der Waals surface area contributed by atoms with Crippen molar-refractivity contribution in [2.45, 2.75) is 19.2 Å². The van der Waals surface area contributed by atoms with Crippen molar-refractivity contribution in [2.75, 3.05) is 14.2 Å². The summed E-state index contributed by atoms with van der Waals surface area (Å²) in [4.78, 5) is 16.8. The minimum absolute atomic E-state index is 0.0642. The fourth-order valence-corrected chi connectivity index (χ4v) is 2.59. The van der Waals surface area contributed by atoms with Crippen LogP contribution >= 0.6 is 0 Å². The highest BCUT2D eigenvalue weighted by molar-refractivity contribution is 6.46. The van der Waals surface area contributed by atoms with Gasteiger partial charge in [-0.05, 0) is 30.7 Å². The van der Waals surface area contributed by atoms with Crippen LogP contribution in [0.4, 0.5) is 13.2 Å². The first-order valence-corrected chi connectivity index (χ1v) is 8.54. The van der Waals surface area contributed by atoms with Gasteiger partial charge in [-0.1, -0.05) is 35.5 Å². The Kier molecular flexibility index (Phi) is 6.98. The summed E-state index contributed by atoms with van der Waals surface area (Å²) in [6, 6.07) is 11.1. The van der Waals surface area contributed by atoms with E-state index in [1.165, 1.54) is 33.2 Å². The highest BCUT2D eigenvalue weighted by Gasteiger charge is 2.31. The molecule has 1 atom stereocenters. The molecule has 29 heavy (non-hydrogen) atoms. The molecule has 0 saturated heterocycles. The molecule has 2 rings (SSSR count). The van der Waals surface area contributed by atoms with Crippen LogP contribution in [-0.2, 0) is 20.5 Å². The van der Waals surface area contributed by atoms with E-state index < -0.39 is 23.8 Å². The Morgan fingerprint density at radius 3 is 2.38 bits per heavy atom. The molecule has 0 radical (unpaired) electrons. The van der Waals surface area contributed by atoms with Gasteiger partial charge in [-0.25, -0.2) is 0 Å². The average Bonchev–Trinajstić information content (AvgIpc) is 2.70. The Bertz CT molecular complexity index is 926. The number of oxime groups is 1. The number of carbonyl (C=O) groups is 1. The van der Waals surface area contributed by atoms with Gasteiger partial charge in [0, 0.05) is 18.2 Å². The third kappa shape index (κ3) is 5.34. The lowest BCUT2D eigenvalue weighted by Crippen LogP contribution is -2.30. The van der Waals surface area contributed by atoms with Crippen LogP contribution in [0.2, 0.25) is 0 Å². The number of nitrogens with zero attached hydrogens (tertiary/aromatic N) is 1. The van der Waals surface area contributed by atoms with Gasteiger partial charge in [0.15, 0.2) is 5.71 Å². The zero-order valence-corrected chi connectivity index (χ0v) is 16.0. The molecule has 0 fully saturated rings. The highest BCUT2D eigenvalue weighted by Crippen LogP contribution is 2.31. The number of ether oxygens (including phenoxy) is 1. The minimum atomic E-state index is -4.48. The molecule has 0 bridgehead atoms. The van der Waals surface area contributed by atoms with Crippen LogP contribution in [0, 0.1) is 5.41 Å². The van der Waals surface area contributed by atoms with E-state index in [-0.39, 0.29) is 28.3 Å². The lowest BCUT2D eigenvalue weighted by Gasteiger charge is -2.18. The summed E-state index contributed by atoms with van der Waals surface area (Å²) in [6.07, 6.45) is -5.31. The summed E-state index contributed by atoms with van der Waals surface area (Å²) < 4.78 is 44.4. The lowest BCUT2D eigenvalue weighted by atomic mass is 10.0. The van der Waals surface area contributed by atoms with E-state index in [1.807, 2.05) is 0 Å². The smallest absolute Gasteiger partial charge is 0.416 e. The first kappa shape index (κ1) is 21.9. The largest absolute Gasteiger partial charge is 0.470 e. The second-order valence-corrected chi connectivity index (χ2v) is 5.96. The Hall–Kier alpha value is -3.36. The van der Waals surface area contributed by atoms with Crippen molar-refractivity contribution in [2.24, 2.45) is 5.16 Å². The van der Waals surface area contributed by atoms with Crippen molar-refractivity contribution in [3.63, 3.8) is 0 Å². The fourth-order valence-electron chi connectivity index (χ4n) is 2.59.